The zero-order valence-corrected chi connectivity index (χ0v) is 13.3. The van der Waals surface area contributed by atoms with Crippen LogP contribution in [0.5, 0.6) is 11.5 Å². The lowest BCUT2D eigenvalue weighted by Gasteiger charge is -2.11. The lowest BCUT2D eigenvalue weighted by Crippen LogP contribution is -2.43. The van der Waals surface area contributed by atoms with E-state index in [1.165, 1.54) is 7.11 Å². The van der Waals surface area contributed by atoms with Gasteiger partial charge in [-0.2, -0.15) is 0 Å². The number of hydrogen-bond acceptors (Lipinski definition) is 4. The van der Waals surface area contributed by atoms with Gasteiger partial charge in [-0.25, -0.2) is 0 Å². The van der Waals surface area contributed by atoms with Gasteiger partial charge in [0.25, 0.3) is 5.91 Å². The molecule has 2 rings (SSSR count). The summed E-state index contributed by atoms with van der Waals surface area (Å²) in [5.41, 5.74) is 5.88. The Morgan fingerprint density at radius 2 is 1.91 bits per heavy atom. The van der Waals surface area contributed by atoms with Crippen molar-refractivity contribution in [1.29, 1.82) is 0 Å². The third-order valence-electron chi connectivity index (χ3n) is 3.33. The molecule has 1 heterocycles. The van der Waals surface area contributed by atoms with Crippen LogP contribution in [0, 0.1) is 0 Å². The minimum atomic E-state index is -0.386. The summed E-state index contributed by atoms with van der Waals surface area (Å²) in [5.74, 6) is 0.457. The first-order valence-electron chi connectivity index (χ1n) is 6.96. The van der Waals surface area contributed by atoms with E-state index in [4.69, 9.17) is 9.47 Å². The maximum absolute atomic E-state index is 12.0. The number of methoxy groups -OCH3 is 2. The van der Waals surface area contributed by atoms with Crippen LogP contribution in [-0.2, 0) is 18.3 Å². The van der Waals surface area contributed by atoms with Crippen molar-refractivity contribution in [2.24, 2.45) is 7.05 Å². The Morgan fingerprint density at radius 3 is 2.52 bits per heavy atom. The van der Waals surface area contributed by atoms with Gasteiger partial charge in [0.05, 0.1) is 20.6 Å². The number of rotatable bonds is 5. The number of ether oxygens (including phenoxy) is 2. The number of nitrogens with zero attached hydrogens (tertiary/aromatic N) is 1. The Labute approximate surface area is 134 Å². The summed E-state index contributed by atoms with van der Waals surface area (Å²) in [6, 6.07) is 8.60. The Kier molecular flexibility index (Phi) is 5.24. The summed E-state index contributed by atoms with van der Waals surface area (Å²) < 4.78 is 12.0. The molecule has 0 aliphatic heterocycles. The first-order valence-corrected chi connectivity index (χ1v) is 6.96. The highest BCUT2D eigenvalue weighted by atomic mass is 16.5. The molecule has 7 heteroatoms. The van der Waals surface area contributed by atoms with Gasteiger partial charge in [0.1, 0.15) is 17.2 Å². The molecule has 0 radical (unpaired) electrons. The maximum atomic E-state index is 12.0. The fraction of sp³-hybridized carbons (Fsp3) is 0.250. The van der Waals surface area contributed by atoms with Crippen LogP contribution in [0.1, 0.15) is 16.1 Å². The minimum absolute atomic E-state index is 0.0494. The number of carbonyl (C=O) groups excluding carboxylic acids is 2. The van der Waals surface area contributed by atoms with Crippen LogP contribution >= 0.6 is 0 Å². The molecule has 1 aromatic carbocycles. The van der Waals surface area contributed by atoms with Crippen LogP contribution in [0.15, 0.2) is 36.5 Å². The number of hydrogen-bond donors (Lipinski definition) is 2. The van der Waals surface area contributed by atoms with E-state index in [2.05, 4.69) is 10.9 Å². The van der Waals surface area contributed by atoms with Gasteiger partial charge < -0.3 is 14.0 Å². The molecule has 0 atom stereocenters. The van der Waals surface area contributed by atoms with Gasteiger partial charge in [-0.1, -0.05) is 0 Å². The normalized spacial score (nSPS) is 10.0. The smallest absolute Gasteiger partial charge is 0.286 e. The van der Waals surface area contributed by atoms with Crippen molar-refractivity contribution in [2.75, 3.05) is 14.2 Å². The van der Waals surface area contributed by atoms with E-state index in [-0.39, 0.29) is 18.2 Å². The molecule has 2 N–H and O–H groups in total. The molecule has 2 amide bonds. The highest BCUT2D eigenvalue weighted by Crippen LogP contribution is 2.24. The molecule has 0 aliphatic rings. The minimum Gasteiger partial charge on any atom is -0.497 e. The summed E-state index contributed by atoms with van der Waals surface area (Å²) in [6.45, 7) is 0. The zero-order chi connectivity index (χ0) is 16.8. The second-order valence-corrected chi connectivity index (χ2v) is 4.86. The van der Waals surface area contributed by atoms with Crippen LogP contribution in [0.3, 0.4) is 0 Å². The monoisotopic (exact) mass is 317 g/mol. The lowest BCUT2D eigenvalue weighted by molar-refractivity contribution is -0.121. The summed E-state index contributed by atoms with van der Waals surface area (Å²) in [5, 5.41) is 0. The molecule has 23 heavy (non-hydrogen) atoms. The van der Waals surface area contributed by atoms with E-state index in [9.17, 15) is 9.59 Å². The van der Waals surface area contributed by atoms with Crippen molar-refractivity contribution in [3.05, 3.63) is 47.8 Å². The lowest BCUT2D eigenvalue weighted by atomic mass is 10.1. The summed E-state index contributed by atoms with van der Waals surface area (Å²) in [7, 11) is 4.82. The molecule has 0 saturated heterocycles. The van der Waals surface area contributed by atoms with Crippen molar-refractivity contribution >= 4 is 11.8 Å². The van der Waals surface area contributed by atoms with Crippen molar-refractivity contribution in [2.45, 2.75) is 6.42 Å². The van der Waals surface area contributed by atoms with E-state index in [1.807, 2.05) is 0 Å². The van der Waals surface area contributed by atoms with Gasteiger partial charge in [-0.05, 0) is 30.3 Å². The molecule has 1 aromatic heterocycles. The Bertz CT molecular complexity index is 709. The fourth-order valence-corrected chi connectivity index (χ4v) is 2.12. The van der Waals surface area contributed by atoms with Crippen LogP contribution < -0.4 is 20.3 Å². The number of benzene rings is 1. The van der Waals surface area contributed by atoms with Gasteiger partial charge in [0.2, 0.25) is 5.91 Å². The van der Waals surface area contributed by atoms with E-state index < -0.39 is 0 Å². The SMILES string of the molecule is COc1ccc(OC)c(CC(=O)NNC(=O)c2cccn2C)c1. The first-order chi connectivity index (χ1) is 11.0. The molecule has 0 aliphatic carbocycles. The number of amides is 2. The molecule has 122 valence electrons. The number of nitrogens with one attached hydrogen (secondary N) is 2. The third kappa shape index (κ3) is 4.03. The highest BCUT2D eigenvalue weighted by molar-refractivity contribution is 5.94. The van der Waals surface area contributed by atoms with Crippen molar-refractivity contribution in [3.8, 4) is 11.5 Å². The van der Waals surface area contributed by atoms with Crippen molar-refractivity contribution in [1.82, 2.24) is 15.4 Å². The van der Waals surface area contributed by atoms with Crippen LogP contribution in [0.25, 0.3) is 0 Å². The Balaban J connectivity index is 1.97. The standard InChI is InChI=1S/C16H19N3O4/c1-19-8-4-5-13(19)16(21)18-17-15(20)10-11-9-12(22-2)6-7-14(11)23-3/h4-9H,10H2,1-3H3,(H,17,20)(H,18,21). The van der Waals surface area contributed by atoms with E-state index in [0.717, 1.165) is 0 Å². The van der Waals surface area contributed by atoms with Crippen molar-refractivity contribution < 1.29 is 19.1 Å². The summed E-state index contributed by atoms with van der Waals surface area (Å²) in [6.07, 6.45) is 1.80. The molecular weight excluding hydrogens is 298 g/mol. The second-order valence-electron chi connectivity index (χ2n) is 4.86. The maximum Gasteiger partial charge on any atom is 0.286 e. The van der Waals surface area contributed by atoms with Gasteiger partial charge >= 0.3 is 0 Å². The third-order valence-corrected chi connectivity index (χ3v) is 3.33. The highest BCUT2D eigenvalue weighted by Gasteiger charge is 2.13. The predicted molar refractivity (Wildman–Crippen MR) is 84.3 cm³/mol. The molecule has 0 bridgehead atoms. The number of aryl methyl sites for hydroxylation is 1. The fourth-order valence-electron chi connectivity index (χ4n) is 2.12. The molecular formula is C16H19N3O4. The average molecular weight is 317 g/mol. The summed E-state index contributed by atoms with van der Waals surface area (Å²) >= 11 is 0. The molecule has 2 aromatic rings. The number of aromatic nitrogens is 1. The molecule has 0 unspecified atom stereocenters. The zero-order valence-electron chi connectivity index (χ0n) is 13.3. The van der Waals surface area contributed by atoms with Gasteiger partial charge in [0, 0.05) is 18.8 Å². The largest absolute Gasteiger partial charge is 0.497 e. The van der Waals surface area contributed by atoms with Crippen LogP contribution in [0.2, 0.25) is 0 Å². The molecule has 7 nitrogen and oxygen atoms in total. The quantitative estimate of drug-likeness (QED) is 0.808. The number of hydrazine groups is 1. The number of carbonyl (C=O) groups is 2. The van der Waals surface area contributed by atoms with Crippen LogP contribution in [-0.4, -0.2) is 30.6 Å². The Hall–Kier alpha value is -2.96. The molecule has 0 saturated carbocycles. The predicted octanol–water partition coefficient (Wildman–Crippen LogP) is 1.05. The van der Waals surface area contributed by atoms with Gasteiger partial charge in [0.15, 0.2) is 0 Å². The topological polar surface area (TPSA) is 81.6 Å². The Morgan fingerprint density at radius 1 is 1.13 bits per heavy atom. The molecule has 0 fully saturated rings. The first kappa shape index (κ1) is 16.4. The summed E-state index contributed by atoms with van der Waals surface area (Å²) in [4.78, 5) is 23.9. The van der Waals surface area contributed by atoms with Crippen molar-refractivity contribution in [3.63, 3.8) is 0 Å². The van der Waals surface area contributed by atoms with E-state index >= 15 is 0 Å². The van der Waals surface area contributed by atoms with E-state index in [1.54, 1.807) is 55.3 Å². The second kappa shape index (κ2) is 7.35. The van der Waals surface area contributed by atoms with Gasteiger partial charge in [-0.3, -0.25) is 20.4 Å². The van der Waals surface area contributed by atoms with E-state index in [0.29, 0.717) is 22.8 Å². The average Bonchev–Trinajstić information content (AvgIpc) is 2.98. The van der Waals surface area contributed by atoms with Crippen LogP contribution in [0.4, 0.5) is 0 Å². The molecule has 0 spiro atoms. The van der Waals surface area contributed by atoms with Gasteiger partial charge in [-0.15, -0.1) is 0 Å².